The van der Waals surface area contributed by atoms with Crippen molar-refractivity contribution >= 4 is 18.2 Å². The van der Waals surface area contributed by atoms with Crippen LogP contribution in [0.3, 0.4) is 0 Å². The quantitative estimate of drug-likeness (QED) is 0.620. The van der Waals surface area contributed by atoms with E-state index >= 15 is 0 Å². The maximum Gasteiger partial charge on any atom is 0.219 e. The normalized spacial score (nSPS) is 10.0. The molecule has 0 bridgehead atoms. The number of carbonyl (C=O) groups excluding carboxylic acids is 1. The van der Waals surface area contributed by atoms with Crippen LogP contribution in [0.1, 0.15) is 27.9 Å². The third-order valence-electron chi connectivity index (χ3n) is 3.92. The molecule has 0 saturated carbocycles. The lowest BCUT2D eigenvalue weighted by Crippen LogP contribution is -2.01. The molecule has 0 aliphatic carbocycles. The van der Waals surface area contributed by atoms with E-state index in [4.69, 9.17) is 10.5 Å². The van der Waals surface area contributed by atoms with Crippen molar-refractivity contribution in [1.29, 1.82) is 0 Å². The van der Waals surface area contributed by atoms with Crippen molar-refractivity contribution in [2.45, 2.75) is 19.4 Å². The van der Waals surface area contributed by atoms with Gasteiger partial charge in [0.2, 0.25) is 5.88 Å². The van der Waals surface area contributed by atoms with Gasteiger partial charge in [-0.25, -0.2) is 4.98 Å². The van der Waals surface area contributed by atoms with Gasteiger partial charge in [-0.2, -0.15) is 0 Å². The van der Waals surface area contributed by atoms with Gasteiger partial charge in [0.15, 0.2) is 5.78 Å². The van der Waals surface area contributed by atoms with Gasteiger partial charge in [0, 0.05) is 30.8 Å². The van der Waals surface area contributed by atoms with E-state index in [0.717, 1.165) is 12.0 Å². The van der Waals surface area contributed by atoms with Crippen LogP contribution in [0.5, 0.6) is 11.6 Å². The van der Waals surface area contributed by atoms with Crippen molar-refractivity contribution < 1.29 is 9.53 Å². The van der Waals surface area contributed by atoms with Crippen LogP contribution in [0, 0.1) is 0 Å². The highest BCUT2D eigenvalue weighted by molar-refractivity contribution is 5.96. The Labute approximate surface area is 159 Å². The van der Waals surface area contributed by atoms with Crippen molar-refractivity contribution in [1.82, 2.24) is 4.98 Å². The monoisotopic (exact) mass is 368 g/mol. The number of Topliss-reactive ketones (excluding diaryl/α,β-unsaturated/α-hetero) is 1. The van der Waals surface area contributed by atoms with Gasteiger partial charge in [0.25, 0.3) is 0 Å². The van der Waals surface area contributed by atoms with Crippen LogP contribution < -0.4 is 10.5 Å². The molecule has 0 atom stereocenters. The third-order valence-corrected chi connectivity index (χ3v) is 3.92. The van der Waals surface area contributed by atoms with Crippen LogP contribution in [0.4, 0.5) is 0 Å². The molecule has 0 spiro atoms. The van der Waals surface area contributed by atoms with Gasteiger partial charge in [-0.15, -0.1) is 12.4 Å². The molecule has 0 saturated heterocycles. The number of nitrogens with two attached hydrogens (primary N) is 1. The molecule has 0 radical (unpaired) electrons. The van der Waals surface area contributed by atoms with E-state index in [9.17, 15) is 4.79 Å². The molecule has 0 amide bonds. The zero-order valence-electron chi connectivity index (χ0n) is 14.3. The van der Waals surface area contributed by atoms with Gasteiger partial charge in [-0.3, -0.25) is 4.79 Å². The Bertz CT molecular complexity index is 836. The molecule has 134 valence electrons. The molecule has 5 heteroatoms. The predicted molar refractivity (Wildman–Crippen MR) is 105 cm³/mol. The highest BCUT2D eigenvalue weighted by Crippen LogP contribution is 2.21. The Balaban J connectivity index is 0.00000243. The maximum absolute atomic E-state index is 12.3. The first-order chi connectivity index (χ1) is 12.2. The summed E-state index contributed by atoms with van der Waals surface area (Å²) in [6.45, 7) is 0.438. The summed E-state index contributed by atoms with van der Waals surface area (Å²) < 4.78 is 5.71. The highest BCUT2D eigenvalue weighted by Gasteiger charge is 2.07. The minimum absolute atomic E-state index is 0. The molecule has 4 nitrogen and oxygen atoms in total. The number of halogens is 1. The van der Waals surface area contributed by atoms with Crippen molar-refractivity contribution in [2.75, 3.05) is 0 Å². The van der Waals surface area contributed by atoms with E-state index in [1.807, 2.05) is 36.4 Å². The zero-order chi connectivity index (χ0) is 17.5. The van der Waals surface area contributed by atoms with Gasteiger partial charge < -0.3 is 10.5 Å². The molecule has 2 aromatic carbocycles. The second-order valence-electron chi connectivity index (χ2n) is 5.74. The predicted octanol–water partition coefficient (Wildman–Crippen LogP) is 4.57. The molecule has 26 heavy (non-hydrogen) atoms. The molecule has 0 fully saturated rings. The number of aromatic nitrogens is 1. The van der Waals surface area contributed by atoms with Crippen molar-refractivity contribution in [3.8, 4) is 11.6 Å². The zero-order valence-corrected chi connectivity index (χ0v) is 15.1. The smallest absolute Gasteiger partial charge is 0.219 e. The Morgan fingerprint density at radius 1 is 0.962 bits per heavy atom. The molecule has 3 aromatic rings. The van der Waals surface area contributed by atoms with Crippen molar-refractivity contribution in [3.05, 3.63) is 89.6 Å². The third kappa shape index (κ3) is 5.41. The number of rotatable bonds is 7. The second kappa shape index (κ2) is 9.70. The van der Waals surface area contributed by atoms with Crippen molar-refractivity contribution in [2.24, 2.45) is 5.73 Å². The first-order valence-corrected chi connectivity index (χ1v) is 8.24. The molecule has 1 heterocycles. The van der Waals surface area contributed by atoms with Crippen LogP contribution >= 0.6 is 12.4 Å². The number of pyridine rings is 1. The number of carbonyl (C=O) groups is 1. The van der Waals surface area contributed by atoms with Gasteiger partial charge >= 0.3 is 0 Å². The van der Waals surface area contributed by atoms with E-state index in [2.05, 4.69) is 4.98 Å². The summed E-state index contributed by atoms with van der Waals surface area (Å²) in [5.41, 5.74) is 8.43. The van der Waals surface area contributed by atoms with Crippen LogP contribution in [0.25, 0.3) is 0 Å². The summed E-state index contributed by atoms with van der Waals surface area (Å²) in [4.78, 5) is 16.5. The van der Waals surface area contributed by atoms with E-state index in [-0.39, 0.29) is 18.2 Å². The molecular formula is C21H21ClN2O2. The fraction of sp³-hybridized carbons (Fsp3) is 0.143. The van der Waals surface area contributed by atoms with Gasteiger partial charge in [-0.05, 0) is 47.9 Å². The molecular weight excluding hydrogens is 348 g/mol. The Hall–Kier alpha value is -2.69. The molecule has 1 aromatic heterocycles. The number of ether oxygens (including phenoxy) is 1. The number of hydrogen-bond donors (Lipinski definition) is 1. The van der Waals surface area contributed by atoms with Crippen LogP contribution in [0.15, 0.2) is 72.9 Å². The molecule has 3 rings (SSSR count). The minimum atomic E-state index is 0. The van der Waals surface area contributed by atoms with Gasteiger partial charge in [0.1, 0.15) is 5.75 Å². The van der Waals surface area contributed by atoms with Gasteiger partial charge in [-0.1, -0.05) is 30.3 Å². The van der Waals surface area contributed by atoms with Gasteiger partial charge in [0.05, 0.1) is 0 Å². The fourth-order valence-corrected chi connectivity index (χ4v) is 2.51. The Morgan fingerprint density at radius 3 is 2.38 bits per heavy atom. The number of nitrogens with zero attached hydrogens (tertiary/aromatic N) is 1. The Morgan fingerprint density at radius 2 is 1.69 bits per heavy atom. The number of aryl methyl sites for hydroxylation is 1. The summed E-state index contributed by atoms with van der Waals surface area (Å²) in [6.07, 6.45) is 2.90. The van der Waals surface area contributed by atoms with Crippen LogP contribution in [0.2, 0.25) is 0 Å². The highest BCUT2D eigenvalue weighted by atomic mass is 35.5. The van der Waals surface area contributed by atoms with Crippen molar-refractivity contribution in [3.63, 3.8) is 0 Å². The summed E-state index contributed by atoms with van der Waals surface area (Å²) >= 11 is 0. The van der Waals surface area contributed by atoms with Crippen LogP contribution in [-0.2, 0) is 13.0 Å². The first-order valence-electron chi connectivity index (χ1n) is 8.24. The lowest BCUT2D eigenvalue weighted by Gasteiger charge is -2.07. The molecule has 0 unspecified atom stereocenters. The molecule has 0 aliphatic heterocycles. The summed E-state index contributed by atoms with van der Waals surface area (Å²) in [6, 6.07) is 20.8. The average Bonchev–Trinajstić information content (AvgIpc) is 2.67. The Kier molecular flexibility index (Phi) is 7.33. The van der Waals surface area contributed by atoms with E-state index in [1.165, 1.54) is 5.56 Å². The first kappa shape index (κ1) is 19.6. The number of hydrogen-bond acceptors (Lipinski definition) is 4. The summed E-state index contributed by atoms with van der Waals surface area (Å²) in [7, 11) is 0. The summed E-state index contributed by atoms with van der Waals surface area (Å²) in [5.74, 6) is 1.26. The average molecular weight is 369 g/mol. The van der Waals surface area contributed by atoms with E-state index in [1.54, 1.807) is 36.5 Å². The second-order valence-corrected chi connectivity index (χ2v) is 5.74. The van der Waals surface area contributed by atoms with E-state index < -0.39 is 0 Å². The number of benzene rings is 2. The fourth-order valence-electron chi connectivity index (χ4n) is 2.51. The standard InChI is InChI=1S/C21H20N2O2.ClH/c22-15-17-12-13-23-21(14-17)25-19-9-7-18(8-10-19)20(24)11-6-16-4-2-1-3-5-16;/h1-5,7-10,12-14H,6,11,15,22H2;1H. The number of ketones is 1. The largest absolute Gasteiger partial charge is 0.439 e. The lowest BCUT2D eigenvalue weighted by molar-refractivity contribution is 0.0983. The topological polar surface area (TPSA) is 65.2 Å². The minimum Gasteiger partial charge on any atom is -0.439 e. The van der Waals surface area contributed by atoms with E-state index in [0.29, 0.717) is 30.2 Å². The van der Waals surface area contributed by atoms with Crippen LogP contribution in [-0.4, -0.2) is 10.8 Å². The summed E-state index contributed by atoms with van der Waals surface area (Å²) in [5, 5.41) is 0. The lowest BCUT2D eigenvalue weighted by atomic mass is 10.0. The molecule has 0 aliphatic rings. The maximum atomic E-state index is 12.3. The SMILES string of the molecule is Cl.NCc1ccnc(Oc2ccc(C(=O)CCc3ccccc3)cc2)c1. The molecule has 2 N–H and O–H groups in total.